The molecule has 1 N–H and O–H groups in total. The summed E-state index contributed by atoms with van der Waals surface area (Å²) in [6.07, 6.45) is -2.09. The summed E-state index contributed by atoms with van der Waals surface area (Å²) in [6.45, 7) is 3.59. The Morgan fingerprint density at radius 2 is 0.950 bits per heavy atom. The van der Waals surface area contributed by atoms with Crippen LogP contribution in [0.25, 0.3) is 0 Å². The highest BCUT2D eigenvalue weighted by Crippen LogP contribution is 2.71. The second-order valence-corrected chi connectivity index (χ2v) is 12.8. The molecular weight excluding hydrogens is 523 g/mol. The van der Waals surface area contributed by atoms with E-state index in [2.05, 4.69) is 0 Å². The van der Waals surface area contributed by atoms with E-state index < -0.39 is 36.3 Å². The van der Waals surface area contributed by atoms with Crippen LogP contribution in [0.2, 0.25) is 0 Å². The van der Waals surface area contributed by atoms with Gasteiger partial charge in [-0.25, -0.2) is 0 Å². The lowest BCUT2D eigenvalue weighted by Crippen LogP contribution is -2.55. The smallest absolute Gasteiger partial charge is 0.347 e. The Morgan fingerprint density at radius 1 is 0.625 bits per heavy atom. The zero-order valence-corrected chi connectivity index (χ0v) is 24.0. The summed E-state index contributed by atoms with van der Waals surface area (Å²) in [4.78, 5) is 0. The molecule has 208 valence electrons. The number of hydrogen-bond acceptors (Lipinski definition) is 6. The highest BCUT2D eigenvalue weighted by atomic mass is 31.2. The second kappa shape index (κ2) is 11.1. The van der Waals surface area contributed by atoms with Gasteiger partial charge in [-0.05, 0) is 36.1 Å². The molecule has 0 amide bonds. The first-order valence-corrected chi connectivity index (χ1v) is 14.8. The second-order valence-electron chi connectivity index (χ2n) is 10.3. The Morgan fingerprint density at radius 3 is 1.30 bits per heavy atom. The Bertz CT molecular complexity index is 1360. The molecule has 0 aliphatic carbocycles. The lowest BCUT2D eigenvalue weighted by Gasteiger charge is -2.46. The molecule has 0 saturated carbocycles. The van der Waals surface area contributed by atoms with Crippen LogP contribution in [0.15, 0.2) is 121 Å². The van der Waals surface area contributed by atoms with Gasteiger partial charge in [0.05, 0.1) is 0 Å². The molecule has 40 heavy (non-hydrogen) atoms. The third-order valence-electron chi connectivity index (χ3n) is 7.69. The average molecular weight is 559 g/mol. The highest BCUT2D eigenvalue weighted by molar-refractivity contribution is 7.55. The molecule has 7 heteroatoms. The molecule has 2 atom stereocenters. The normalized spacial score (nSPS) is 19.4. The van der Waals surface area contributed by atoms with E-state index in [4.69, 9.17) is 18.5 Å². The molecule has 5 rings (SSSR count). The van der Waals surface area contributed by atoms with Crippen molar-refractivity contribution in [2.75, 3.05) is 14.2 Å². The van der Waals surface area contributed by atoms with Crippen LogP contribution in [0, 0.1) is 0 Å². The summed E-state index contributed by atoms with van der Waals surface area (Å²) >= 11 is 0. The Hall–Kier alpha value is -3.09. The van der Waals surface area contributed by atoms with Crippen molar-refractivity contribution in [2.45, 2.75) is 42.6 Å². The van der Waals surface area contributed by atoms with E-state index in [1.54, 1.807) is 13.8 Å². The maximum absolute atomic E-state index is 15.1. The van der Waals surface area contributed by atoms with Crippen LogP contribution >= 0.6 is 7.60 Å². The first-order valence-electron chi connectivity index (χ1n) is 13.2. The third kappa shape index (κ3) is 4.55. The molecule has 1 heterocycles. The number of rotatable bonds is 9. The van der Waals surface area contributed by atoms with Crippen LogP contribution in [0.3, 0.4) is 0 Å². The minimum absolute atomic E-state index is 0.609. The van der Waals surface area contributed by atoms with Gasteiger partial charge in [0.2, 0.25) is 0 Å². The molecule has 1 aliphatic rings. The van der Waals surface area contributed by atoms with Crippen molar-refractivity contribution in [1.29, 1.82) is 0 Å². The molecule has 0 aromatic heterocycles. The van der Waals surface area contributed by atoms with Gasteiger partial charge < -0.3 is 23.6 Å². The van der Waals surface area contributed by atoms with Crippen LogP contribution in [0.5, 0.6) is 0 Å². The minimum atomic E-state index is -4.08. The molecule has 1 saturated heterocycles. The first kappa shape index (κ1) is 28.4. The fourth-order valence-electron chi connectivity index (χ4n) is 5.97. The molecule has 6 nitrogen and oxygen atoms in total. The van der Waals surface area contributed by atoms with Crippen LogP contribution in [-0.4, -0.2) is 37.3 Å². The third-order valence-corrected chi connectivity index (χ3v) is 10.3. The van der Waals surface area contributed by atoms with Crippen molar-refractivity contribution in [3.8, 4) is 0 Å². The summed E-state index contributed by atoms with van der Waals surface area (Å²) in [5, 5.41) is 11.4. The zero-order valence-electron chi connectivity index (χ0n) is 23.1. The maximum atomic E-state index is 15.1. The summed E-state index contributed by atoms with van der Waals surface area (Å²) in [5.74, 6) is -1.16. The van der Waals surface area contributed by atoms with Gasteiger partial charge in [0.25, 0.3) is 0 Å². The van der Waals surface area contributed by atoms with Gasteiger partial charge >= 0.3 is 7.60 Å². The average Bonchev–Trinajstić information content (AvgIpc) is 3.34. The minimum Gasteiger partial charge on any atom is -0.378 e. The number of aliphatic hydroxyl groups is 1. The number of benzene rings is 4. The summed E-state index contributed by atoms with van der Waals surface area (Å²) in [7, 11) is -1.32. The molecular formula is C33H35O6P. The maximum Gasteiger partial charge on any atom is 0.347 e. The van der Waals surface area contributed by atoms with Gasteiger partial charge in [-0.3, -0.25) is 4.57 Å². The van der Waals surface area contributed by atoms with Crippen molar-refractivity contribution < 1.29 is 28.2 Å². The lowest BCUT2D eigenvalue weighted by molar-refractivity contribution is -0.166. The molecule has 1 aliphatic heterocycles. The van der Waals surface area contributed by atoms with Crippen molar-refractivity contribution in [3.63, 3.8) is 0 Å². The molecule has 0 bridgehead atoms. The Kier molecular flexibility index (Phi) is 7.86. The van der Waals surface area contributed by atoms with Crippen molar-refractivity contribution in [2.24, 2.45) is 0 Å². The van der Waals surface area contributed by atoms with Crippen molar-refractivity contribution in [3.05, 3.63) is 144 Å². The predicted molar refractivity (Wildman–Crippen MR) is 155 cm³/mol. The quantitative estimate of drug-likeness (QED) is 0.226. The van der Waals surface area contributed by atoms with Gasteiger partial charge in [0.1, 0.15) is 17.8 Å². The van der Waals surface area contributed by atoms with E-state index in [0.717, 1.165) is 0 Å². The van der Waals surface area contributed by atoms with E-state index in [-0.39, 0.29) is 0 Å². The van der Waals surface area contributed by atoms with Crippen molar-refractivity contribution >= 4 is 7.60 Å². The summed E-state index contributed by atoms with van der Waals surface area (Å²) in [5.41, 5.74) is 0.803. The van der Waals surface area contributed by atoms with Crippen LogP contribution in [0.4, 0.5) is 0 Å². The molecule has 4 aromatic rings. The van der Waals surface area contributed by atoms with Gasteiger partial charge in [0, 0.05) is 14.2 Å². The summed E-state index contributed by atoms with van der Waals surface area (Å²) < 4.78 is 40.1. The van der Waals surface area contributed by atoms with Gasteiger partial charge in [0.15, 0.2) is 10.9 Å². The van der Waals surface area contributed by atoms with E-state index in [9.17, 15) is 5.11 Å². The van der Waals surface area contributed by atoms with Crippen molar-refractivity contribution in [1.82, 2.24) is 0 Å². The van der Waals surface area contributed by atoms with E-state index in [1.807, 2.05) is 121 Å². The van der Waals surface area contributed by atoms with Crippen LogP contribution in [0.1, 0.15) is 36.1 Å². The van der Waals surface area contributed by atoms with Gasteiger partial charge in [-0.2, -0.15) is 0 Å². The topological polar surface area (TPSA) is 74.2 Å². The summed E-state index contributed by atoms with van der Waals surface area (Å²) in [6, 6.07) is 37.5. The molecule has 1 fully saturated rings. The monoisotopic (exact) mass is 558 g/mol. The SMILES string of the molecule is COP(=O)(OC)C(c1ccccc1)(c1ccccc1)[C@@H]1OC(C)(C)O[C@H]1C(O)(c1ccccc1)c1ccccc1. The number of ether oxygens (including phenoxy) is 2. The fraction of sp³-hybridized carbons (Fsp3) is 0.273. The largest absolute Gasteiger partial charge is 0.378 e. The molecule has 0 radical (unpaired) electrons. The van der Waals surface area contributed by atoms with E-state index in [0.29, 0.717) is 22.3 Å². The number of hydrogen-bond donors (Lipinski definition) is 1. The molecule has 0 unspecified atom stereocenters. The molecule has 4 aromatic carbocycles. The first-order chi connectivity index (χ1) is 19.2. The van der Waals surface area contributed by atoms with Crippen LogP contribution < -0.4 is 0 Å². The molecule has 0 spiro atoms. The highest BCUT2D eigenvalue weighted by Gasteiger charge is 2.68. The lowest BCUT2D eigenvalue weighted by atomic mass is 9.73. The Balaban J connectivity index is 1.89. The predicted octanol–water partition coefficient (Wildman–Crippen LogP) is 6.87. The standard InChI is InChI=1S/C33H35O6P/c1-31(2)38-29(32(34,25-17-9-5-10-18-25)26-19-11-6-12-20-26)30(39-31)33(40(35,36-3)37-4,27-21-13-7-14-22-27)28-23-15-8-16-24-28/h5-24,29-30,34H,1-4H3/t29-,30-/m1/s1. The van der Waals surface area contributed by atoms with Gasteiger partial charge in [-0.1, -0.05) is 121 Å². The van der Waals surface area contributed by atoms with E-state index in [1.165, 1.54) is 14.2 Å². The van der Waals surface area contributed by atoms with Crippen LogP contribution in [-0.2, 0) is 33.8 Å². The van der Waals surface area contributed by atoms with E-state index >= 15 is 4.57 Å². The fourth-order valence-corrected chi connectivity index (χ4v) is 8.12. The van der Waals surface area contributed by atoms with Gasteiger partial charge in [-0.15, -0.1) is 0 Å². The zero-order chi connectivity index (χ0) is 28.4. The Labute approximate surface area is 236 Å².